The first kappa shape index (κ1) is 28.8. The summed E-state index contributed by atoms with van der Waals surface area (Å²) in [6.07, 6.45) is 0.170. The Morgan fingerprint density at radius 1 is 0.949 bits per heavy atom. The normalized spacial score (nSPS) is 11.2. The number of ether oxygens (including phenoxy) is 1. The maximum Gasteiger partial charge on any atom is 0.407 e. The van der Waals surface area contributed by atoms with E-state index in [0.717, 1.165) is 5.56 Å². The number of hydrogen-bond acceptors (Lipinski definition) is 6. The fourth-order valence-corrected chi connectivity index (χ4v) is 3.76. The van der Waals surface area contributed by atoms with E-state index in [1.165, 1.54) is 0 Å². The number of pyridine rings is 1. The second-order valence-corrected chi connectivity index (χ2v) is 8.86. The maximum atomic E-state index is 13.2. The SMILES string of the molecule is Cc1cccc(C(=O)N[C@@H](CCCNC(=O)OCc2ccccc2)C(=O)Nc2ccccc2CCC(=O)O)n1. The van der Waals surface area contributed by atoms with Crippen molar-refractivity contribution < 1.29 is 29.0 Å². The summed E-state index contributed by atoms with van der Waals surface area (Å²) in [4.78, 5) is 53.4. The Hall–Kier alpha value is -4.73. The first-order chi connectivity index (χ1) is 18.8. The number of aryl methyl sites for hydroxylation is 2. The number of anilines is 1. The molecule has 2 aromatic carbocycles. The third-order valence-corrected chi connectivity index (χ3v) is 5.78. The van der Waals surface area contributed by atoms with Crippen molar-refractivity contribution in [3.8, 4) is 0 Å². The number of carbonyl (C=O) groups is 4. The van der Waals surface area contributed by atoms with Crippen LogP contribution in [0.1, 0.15) is 46.6 Å². The molecule has 3 aromatic rings. The average Bonchev–Trinajstić information content (AvgIpc) is 2.93. The van der Waals surface area contributed by atoms with Crippen LogP contribution in [0, 0.1) is 6.92 Å². The number of alkyl carbamates (subject to hydrolysis) is 1. The number of para-hydroxylation sites is 1. The molecule has 0 radical (unpaired) electrons. The van der Waals surface area contributed by atoms with Gasteiger partial charge in [0.2, 0.25) is 5.91 Å². The maximum absolute atomic E-state index is 13.2. The molecule has 0 saturated heterocycles. The van der Waals surface area contributed by atoms with Crippen molar-refractivity contribution in [2.24, 2.45) is 0 Å². The van der Waals surface area contributed by atoms with Gasteiger partial charge in [0.1, 0.15) is 18.3 Å². The Morgan fingerprint density at radius 3 is 2.44 bits per heavy atom. The smallest absolute Gasteiger partial charge is 0.407 e. The quantitative estimate of drug-likeness (QED) is 0.245. The number of carboxylic acids is 1. The van der Waals surface area contributed by atoms with E-state index < -0.39 is 29.9 Å². The van der Waals surface area contributed by atoms with E-state index in [-0.39, 0.29) is 38.1 Å². The molecule has 3 rings (SSSR count). The van der Waals surface area contributed by atoms with Crippen LogP contribution >= 0.6 is 0 Å². The van der Waals surface area contributed by atoms with Gasteiger partial charge in [-0.05, 0) is 55.5 Å². The molecular weight excluding hydrogens is 500 g/mol. The summed E-state index contributed by atoms with van der Waals surface area (Å²) in [5, 5.41) is 17.2. The molecule has 39 heavy (non-hydrogen) atoms. The van der Waals surface area contributed by atoms with Crippen LogP contribution in [0.15, 0.2) is 72.8 Å². The Balaban J connectivity index is 1.61. The largest absolute Gasteiger partial charge is 0.481 e. The fourth-order valence-electron chi connectivity index (χ4n) is 3.76. The number of rotatable bonds is 13. The molecule has 0 spiro atoms. The van der Waals surface area contributed by atoms with Crippen LogP contribution in [-0.2, 0) is 27.4 Å². The zero-order chi connectivity index (χ0) is 28.0. The number of benzene rings is 2. The van der Waals surface area contributed by atoms with E-state index in [9.17, 15) is 19.2 Å². The third kappa shape index (κ3) is 9.92. The Morgan fingerprint density at radius 2 is 1.69 bits per heavy atom. The van der Waals surface area contributed by atoms with Crippen molar-refractivity contribution in [1.82, 2.24) is 15.6 Å². The van der Waals surface area contributed by atoms with Gasteiger partial charge in [-0.25, -0.2) is 9.78 Å². The molecule has 1 aromatic heterocycles. The molecule has 1 atom stereocenters. The molecule has 0 unspecified atom stereocenters. The average molecular weight is 533 g/mol. The highest BCUT2D eigenvalue weighted by molar-refractivity contribution is 6.00. The molecular formula is C29H32N4O6. The summed E-state index contributed by atoms with van der Waals surface area (Å²) in [6.45, 7) is 2.13. The Kier molecular flexibility index (Phi) is 11.0. The van der Waals surface area contributed by atoms with Gasteiger partial charge >= 0.3 is 12.1 Å². The molecule has 4 N–H and O–H groups in total. The molecule has 0 bridgehead atoms. The van der Waals surface area contributed by atoms with E-state index in [1.54, 1.807) is 49.4 Å². The predicted molar refractivity (Wildman–Crippen MR) is 145 cm³/mol. The number of amides is 3. The summed E-state index contributed by atoms with van der Waals surface area (Å²) in [5.74, 6) is -1.92. The van der Waals surface area contributed by atoms with Crippen molar-refractivity contribution in [2.75, 3.05) is 11.9 Å². The number of nitrogens with one attached hydrogen (secondary N) is 3. The topological polar surface area (TPSA) is 147 Å². The van der Waals surface area contributed by atoms with Gasteiger partial charge in [0.15, 0.2) is 0 Å². The predicted octanol–water partition coefficient (Wildman–Crippen LogP) is 3.85. The minimum absolute atomic E-state index is 0.0852. The molecule has 0 saturated carbocycles. The van der Waals surface area contributed by atoms with Crippen molar-refractivity contribution in [3.05, 3.63) is 95.3 Å². The van der Waals surface area contributed by atoms with E-state index in [0.29, 0.717) is 23.4 Å². The Labute approximate surface area is 226 Å². The summed E-state index contributed by atoms with van der Waals surface area (Å²) in [5.41, 5.74) is 2.84. The van der Waals surface area contributed by atoms with E-state index >= 15 is 0 Å². The van der Waals surface area contributed by atoms with Gasteiger partial charge in [-0.1, -0.05) is 54.6 Å². The lowest BCUT2D eigenvalue weighted by molar-refractivity contribution is -0.137. The molecule has 0 aliphatic heterocycles. The standard InChI is InChI=1S/C29H32N4O6/c1-20-9-7-14-24(31-20)27(36)33-25(15-8-18-30-29(38)39-19-21-10-3-2-4-11-21)28(37)32-23-13-6-5-12-22(23)16-17-26(34)35/h2-7,9-14,25H,8,15-19H2,1H3,(H,30,38)(H,32,37)(H,33,36)(H,34,35)/t25-/m0/s1. The van der Waals surface area contributed by atoms with Gasteiger partial charge in [0, 0.05) is 24.3 Å². The van der Waals surface area contributed by atoms with Gasteiger partial charge in [-0.3, -0.25) is 14.4 Å². The first-order valence-corrected chi connectivity index (χ1v) is 12.6. The second-order valence-electron chi connectivity index (χ2n) is 8.86. The summed E-state index contributed by atoms with van der Waals surface area (Å²) >= 11 is 0. The van der Waals surface area contributed by atoms with Gasteiger partial charge in [0.05, 0.1) is 0 Å². The van der Waals surface area contributed by atoms with E-state index in [2.05, 4.69) is 20.9 Å². The number of hydrogen-bond donors (Lipinski definition) is 4. The monoisotopic (exact) mass is 532 g/mol. The van der Waals surface area contributed by atoms with Crippen LogP contribution in [0.5, 0.6) is 0 Å². The fraction of sp³-hybridized carbons (Fsp3) is 0.276. The number of aromatic nitrogens is 1. The van der Waals surface area contributed by atoms with E-state index in [4.69, 9.17) is 9.84 Å². The summed E-state index contributed by atoms with van der Waals surface area (Å²) in [6, 6.07) is 20.3. The lowest BCUT2D eigenvalue weighted by Crippen LogP contribution is -2.44. The molecule has 10 heteroatoms. The Bertz CT molecular complexity index is 1280. The van der Waals surface area contributed by atoms with Crippen LogP contribution in [-0.4, -0.2) is 46.6 Å². The molecule has 0 fully saturated rings. The number of carbonyl (C=O) groups excluding carboxylic acids is 3. The third-order valence-electron chi connectivity index (χ3n) is 5.78. The highest BCUT2D eigenvalue weighted by Crippen LogP contribution is 2.18. The number of nitrogens with zero attached hydrogens (tertiary/aromatic N) is 1. The van der Waals surface area contributed by atoms with Crippen molar-refractivity contribution >= 4 is 29.6 Å². The molecule has 204 valence electrons. The zero-order valence-corrected chi connectivity index (χ0v) is 21.7. The highest BCUT2D eigenvalue weighted by Gasteiger charge is 2.23. The lowest BCUT2D eigenvalue weighted by atomic mass is 10.1. The number of carboxylic acid groups (broad SMARTS) is 1. The van der Waals surface area contributed by atoms with Gasteiger partial charge < -0.3 is 25.8 Å². The first-order valence-electron chi connectivity index (χ1n) is 12.6. The molecule has 10 nitrogen and oxygen atoms in total. The van der Waals surface area contributed by atoms with Crippen molar-refractivity contribution in [1.29, 1.82) is 0 Å². The highest BCUT2D eigenvalue weighted by atomic mass is 16.5. The van der Waals surface area contributed by atoms with E-state index in [1.807, 2.05) is 30.3 Å². The zero-order valence-electron chi connectivity index (χ0n) is 21.7. The summed E-state index contributed by atoms with van der Waals surface area (Å²) < 4.78 is 5.20. The van der Waals surface area contributed by atoms with Crippen LogP contribution in [0.3, 0.4) is 0 Å². The van der Waals surface area contributed by atoms with Crippen LogP contribution in [0.25, 0.3) is 0 Å². The molecule has 0 aliphatic carbocycles. The van der Waals surface area contributed by atoms with Gasteiger partial charge in [0.25, 0.3) is 5.91 Å². The van der Waals surface area contributed by atoms with Crippen LogP contribution in [0.2, 0.25) is 0 Å². The van der Waals surface area contributed by atoms with Crippen molar-refractivity contribution in [2.45, 2.75) is 45.3 Å². The number of aliphatic carboxylic acids is 1. The summed E-state index contributed by atoms with van der Waals surface area (Å²) in [7, 11) is 0. The second kappa shape index (κ2) is 14.9. The molecule has 3 amide bonds. The lowest BCUT2D eigenvalue weighted by Gasteiger charge is -2.20. The van der Waals surface area contributed by atoms with Gasteiger partial charge in [-0.2, -0.15) is 0 Å². The molecule has 1 heterocycles. The van der Waals surface area contributed by atoms with Gasteiger partial charge in [-0.15, -0.1) is 0 Å². The molecule has 0 aliphatic rings. The van der Waals surface area contributed by atoms with Crippen molar-refractivity contribution in [3.63, 3.8) is 0 Å². The van der Waals surface area contributed by atoms with Crippen LogP contribution < -0.4 is 16.0 Å². The minimum Gasteiger partial charge on any atom is -0.481 e. The minimum atomic E-state index is -0.943. The van der Waals surface area contributed by atoms with Crippen LogP contribution in [0.4, 0.5) is 10.5 Å².